The van der Waals surface area contributed by atoms with Crippen molar-refractivity contribution >= 4 is 17.8 Å². The van der Waals surface area contributed by atoms with Crippen molar-refractivity contribution < 1.29 is 24.2 Å². The van der Waals surface area contributed by atoms with E-state index in [1.165, 1.54) is 0 Å². The molecule has 4 unspecified atom stereocenters. The molecule has 0 spiro atoms. The SMILES string of the molecule is C=CCC(CC(=O)N1Cc2ccccc2CC1CO)C(=O)NCC(OC(=O)C(CC=C)Cc1ccccc1)c1ccccc1. The first kappa shape index (κ1) is 32.4. The lowest BCUT2D eigenvalue weighted by atomic mass is 9.92. The van der Waals surface area contributed by atoms with Crippen LogP contribution in [-0.4, -0.2) is 47.0 Å². The van der Waals surface area contributed by atoms with Crippen molar-refractivity contribution in [2.75, 3.05) is 13.2 Å². The van der Waals surface area contributed by atoms with Gasteiger partial charge in [0.2, 0.25) is 11.8 Å². The highest BCUT2D eigenvalue weighted by Gasteiger charge is 2.32. The van der Waals surface area contributed by atoms with E-state index in [0.29, 0.717) is 32.2 Å². The molecule has 0 saturated carbocycles. The molecular formula is C37H42N2O5. The van der Waals surface area contributed by atoms with Gasteiger partial charge in [0.15, 0.2) is 0 Å². The van der Waals surface area contributed by atoms with Gasteiger partial charge in [-0.2, -0.15) is 0 Å². The summed E-state index contributed by atoms with van der Waals surface area (Å²) >= 11 is 0. The third-order valence-electron chi connectivity index (χ3n) is 8.13. The number of hydrogen-bond donors (Lipinski definition) is 2. The number of rotatable bonds is 15. The molecular weight excluding hydrogens is 552 g/mol. The van der Waals surface area contributed by atoms with Crippen molar-refractivity contribution in [2.45, 2.75) is 50.8 Å². The van der Waals surface area contributed by atoms with Crippen LogP contribution in [-0.2, 0) is 38.5 Å². The van der Waals surface area contributed by atoms with Crippen LogP contribution in [0.2, 0.25) is 0 Å². The smallest absolute Gasteiger partial charge is 0.310 e. The maximum absolute atomic E-state index is 13.5. The first-order chi connectivity index (χ1) is 21.4. The van der Waals surface area contributed by atoms with Gasteiger partial charge in [0, 0.05) is 13.0 Å². The summed E-state index contributed by atoms with van der Waals surface area (Å²) in [6.45, 7) is 7.91. The standard InChI is InChI=1S/C37H42N2O5/c1-3-13-30(23-35(41)39-25-32-20-12-11-19-29(32)22-33(39)26-40)36(42)38-24-34(28-17-9-6-10-18-28)44-37(43)31(14-4-2)21-27-15-7-5-8-16-27/h3-12,15-20,30-31,33-34,40H,1-2,13-14,21-26H2,(H,38,42). The Morgan fingerprint density at radius 1 is 0.886 bits per heavy atom. The van der Waals surface area contributed by atoms with Gasteiger partial charge in [-0.25, -0.2) is 0 Å². The molecule has 1 heterocycles. The normalized spacial score (nSPS) is 16.1. The number of carbonyl (C=O) groups excluding carboxylic acids is 3. The lowest BCUT2D eigenvalue weighted by molar-refractivity contribution is -0.154. The van der Waals surface area contributed by atoms with Crippen LogP contribution in [0.3, 0.4) is 0 Å². The Morgan fingerprint density at radius 2 is 1.50 bits per heavy atom. The van der Waals surface area contributed by atoms with E-state index < -0.39 is 17.9 Å². The number of ether oxygens (including phenoxy) is 1. The number of nitrogens with zero attached hydrogens (tertiary/aromatic N) is 1. The summed E-state index contributed by atoms with van der Waals surface area (Å²) in [5, 5.41) is 13.0. The number of carbonyl (C=O) groups is 3. The van der Waals surface area contributed by atoms with Gasteiger partial charge in [0.25, 0.3) is 0 Å². The zero-order chi connectivity index (χ0) is 31.3. The van der Waals surface area contributed by atoms with Gasteiger partial charge >= 0.3 is 5.97 Å². The van der Waals surface area contributed by atoms with Gasteiger partial charge in [-0.1, -0.05) is 97.1 Å². The van der Waals surface area contributed by atoms with Crippen LogP contribution in [0.1, 0.15) is 47.6 Å². The Hall–Kier alpha value is -4.49. The molecule has 2 amide bonds. The summed E-state index contributed by atoms with van der Waals surface area (Å²) in [5.41, 5.74) is 3.95. The number of fused-ring (bicyclic) bond motifs is 1. The largest absolute Gasteiger partial charge is 0.455 e. The van der Waals surface area contributed by atoms with Gasteiger partial charge in [-0.15, -0.1) is 13.2 Å². The number of esters is 1. The molecule has 3 aromatic rings. The van der Waals surface area contributed by atoms with Crippen LogP contribution in [0.15, 0.2) is 110 Å². The molecule has 7 heteroatoms. The van der Waals surface area contributed by atoms with E-state index in [1.807, 2.05) is 84.9 Å². The van der Waals surface area contributed by atoms with Crippen LogP contribution < -0.4 is 5.32 Å². The number of benzene rings is 3. The van der Waals surface area contributed by atoms with E-state index in [1.54, 1.807) is 17.1 Å². The third-order valence-corrected chi connectivity index (χ3v) is 8.13. The van der Waals surface area contributed by atoms with E-state index in [9.17, 15) is 19.5 Å². The molecule has 4 atom stereocenters. The highest BCUT2D eigenvalue weighted by Crippen LogP contribution is 2.26. The molecule has 4 rings (SSSR count). The lowest BCUT2D eigenvalue weighted by Crippen LogP contribution is -2.47. The Labute approximate surface area is 260 Å². The van der Waals surface area contributed by atoms with E-state index in [-0.39, 0.29) is 43.4 Å². The monoisotopic (exact) mass is 594 g/mol. The number of allylic oxidation sites excluding steroid dienone is 2. The predicted molar refractivity (Wildman–Crippen MR) is 171 cm³/mol. The zero-order valence-corrected chi connectivity index (χ0v) is 25.1. The summed E-state index contributed by atoms with van der Waals surface area (Å²) in [4.78, 5) is 42.0. The van der Waals surface area contributed by atoms with Gasteiger partial charge in [0.05, 0.1) is 31.0 Å². The zero-order valence-electron chi connectivity index (χ0n) is 25.1. The minimum atomic E-state index is -0.715. The molecule has 230 valence electrons. The Bertz CT molecular complexity index is 1410. The number of aliphatic hydroxyl groups is 1. The second-order valence-corrected chi connectivity index (χ2v) is 11.2. The van der Waals surface area contributed by atoms with Crippen molar-refractivity contribution in [1.29, 1.82) is 0 Å². The maximum atomic E-state index is 13.5. The van der Waals surface area contributed by atoms with Crippen molar-refractivity contribution in [3.8, 4) is 0 Å². The molecule has 0 bridgehead atoms. The topological polar surface area (TPSA) is 95.9 Å². The summed E-state index contributed by atoms with van der Waals surface area (Å²) in [6, 6.07) is 26.6. The maximum Gasteiger partial charge on any atom is 0.310 e. The minimum absolute atomic E-state index is 0.0230. The second-order valence-electron chi connectivity index (χ2n) is 11.2. The van der Waals surface area contributed by atoms with Crippen LogP contribution in [0, 0.1) is 11.8 Å². The second kappa shape index (κ2) is 16.4. The summed E-state index contributed by atoms with van der Waals surface area (Å²) in [7, 11) is 0. The average Bonchev–Trinajstić information content (AvgIpc) is 3.06. The highest BCUT2D eigenvalue weighted by atomic mass is 16.5. The molecule has 2 N–H and O–H groups in total. The Balaban J connectivity index is 1.43. The van der Waals surface area contributed by atoms with Crippen LogP contribution >= 0.6 is 0 Å². The van der Waals surface area contributed by atoms with E-state index in [2.05, 4.69) is 18.5 Å². The van der Waals surface area contributed by atoms with Gasteiger partial charge in [-0.05, 0) is 47.9 Å². The summed E-state index contributed by atoms with van der Waals surface area (Å²) in [6.07, 6.45) is 4.45. The molecule has 0 aromatic heterocycles. The molecule has 0 radical (unpaired) electrons. The molecule has 44 heavy (non-hydrogen) atoms. The third kappa shape index (κ3) is 8.77. The summed E-state index contributed by atoms with van der Waals surface area (Å²) < 4.78 is 6.03. The molecule has 0 saturated heterocycles. The lowest BCUT2D eigenvalue weighted by Gasteiger charge is -2.36. The molecule has 7 nitrogen and oxygen atoms in total. The first-order valence-electron chi connectivity index (χ1n) is 15.2. The predicted octanol–water partition coefficient (Wildman–Crippen LogP) is 5.35. The van der Waals surface area contributed by atoms with Crippen LogP contribution in [0.25, 0.3) is 0 Å². The quantitative estimate of drug-likeness (QED) is 0.183. The van der Waals surface area contributed by atoms with Crippen molar-refractivity contribution in [3.05, 3.63) is 132 Å². The van der Waals surface area contributed by atoms with Crippen molar-refractivity contribution in [3.63, 3.8) is 0 Å². The molecule has 3 aromatic carbocycles. The number of amides is 2. The fourth-order valence-corrected chi connectivity index (χ4v) is 5.69. The van der Waals surface area contributed by atoms with Gasteiger partial charge in [-0.3, -0.25) is 14.4 Å². The molecule has 0 aliphatic carbocycles. The van der Waals surface area contributed by atoms with Crippen LogP contribution in [0.4, 0.5) is 0 Å². The molecule has 0 fully saturated rings. The Kier molecular flexibility index (Phi) is 12.1. The van der Waals surface area contributed by atoms with Gasteiger partial charge < -0.3 is 20.1 Å². The van der Waals surface area contributed by atoms with Crippen molar-refractivity contribution in [2.24, 2.45) is 11.8 Å². The fraction of sp³-hybridized carbons (Fsp3) is 0.324. The Morgan fingerprint density at radius 3 is 2.16 bits per heavy atom. The molecule has 1 aliphatic rings. The minimum Gasteiger partial charge on any atom is -0.455 e. The number of hydrogen-bond acceptors (Lipinski definition) is 5. The average molecular weight is 595 g/mol. The highest BCUT2D eigenvalue weighted by molar-refractivity contribution is 5.86. The van der Waals surface area contributed by atoms with E-state index >= 15 is 0 Å². The number of aliphatic hydroxyl groups excluding tert-OH is 1. The number of nitrogens with one attached hydrogen (secondary N) is 1. The van der Waals surface area contributed by atoms with Gasteiger partial charge in [0.1, 0.15) is 6.10 Å². The van der Waals surface area contributed by atoms with Crippen molar-refractivity contribution in [1.82, 2.24) is 10.2 Å². The van der Waals surface area contributed by atoms with Crippen LogP contribution in [0.5, 0.6) is 0 Å². The fourth-order valence-electron chi connectivity index (χ4n) is 5.69. The summed E-state index contributed by atoms with van der Waals surface area (Å²) in [5.74, 6) is -1.96. The van der Waals surface area contributed by atoms with E-state index in [0.717, 1.165) is 22.3 Å². The van der Waals surface area contributed by atoms with E-state index in [4.69, 9.17) is 4.74 Å². The first-order valence-corrected chi connectivity index (χ1v) is 15.2. The molecule has 1 aliphatic heterocycles.